The standard InChI is InChI=1S/C15H24N2O2S.ClH/c1-3-12-7-8-15(10-13(12)4-2)20(18,19)17-9-5-6-14(16)11-17;/h7-8,10,14H,3-6,9,11,16H2,1-2H3;1H. The molecule has 0 aliphatic carbocycles. The Labute approximate surface area is 134 Å². The van der Waals surface area contributed by atoms with Gasteiger partial charge in [-0.15, -0.1) is 12.4 Å². The quantitative estimate of drug-likeness (QED) is 0.920. The number of halogens is 1. The molecule has 4 nitrogen and oxygen atoms in total. The zero-order valence-electron chi connectivity index (χ0n) is 12.7. The van der Waals surface area contributed by atoms with Crippen LogP contribution >= 0.6 is 12.4 Å². The Balaban J connectivity index is 0.00000220. The fraction of sp³-hybridized carbons (Fsp3) is 0.600. The smallest absolute Gasteiger partial charge is 0.243 e. The molecule has 2 N–H and O–H groups in total. The first-order chi connectivity index (χ1) is 9.48. The number of piperidine rings is 1. The molecular formula is C15H25ClN2O2S. The maximum Gasteiger partial charge on any atom is 0.243 e. The van der Waals surface area contributed by atoms with Crippen LogP contribution in [0.2, 0.25) is 0 Å². The lowest BCUT2D eigenvalue weighted by Gasteiger charge is -2.30. The maximum atomic E-state index is 12.7. The van der Waals surface area contributed by atoms with Crippen molar-refractivity contribution in [3.05, 3.63) is 29.3 Å². The van der Waals surface area contributed by atoms with Crippen molar-refractivity contribution in [3.63, 3.8) is 0 Å². The molecule has 120 valence electrons. The van der Waals surface area contributed by atoms with Crippen LogP contribution in [0.15, 0.2) is 23.1 Å². The molecule has 1 atom stereocenters. The van der Waals surface area contributed by atoms with Crippen molar-refractivity contribution in [2.24, 2.45) is 5.73 Å². The third-order valence-electron chi connectivity index (χ3n) is 4.00. The molecule has 1 aliphatic heterocycles. The van der Waals surface area contributed by atoms with Crippen LogP contribution < -0.4 is 5.73 Å². The van der Waals surface area contributed by atoms with E-state index in [9.17, 15) is 8.42 Å². The van der Waals surface area contributed by atoms with E-state index >= 15 is 0 Å². The second-order valence-electron chi connectivity index (χ2n) is 5.40. The van der Waals surface area contributed by atoms with Gasteiger partial charge in [0.2, 0.25) is 10.0 Å². The molecule has 1 unspecified atom stereocenters. The Morgan fingerprint density at radius 2 is 1.90 bits per heavy atom. The molecule has 1 aliphatic rings. The van der Waals surface area contributed by atoms with Gasteiger partial charge >= 0.3 is 0 Å². The van der Waals surface area contributed by atoms with Gasteiger partial charge in [-0.1, -0.05) is 19.9 Å². The molecule has 0 bridgehead atoms. The van der Waals surface area contributed by atoms with E-state index in [1.807, 2.05) is 12.1 Å². The third-order valence-corrected chi connectivity index (χ3v) is 5.86. The molecule has 21 heavy (non-hydrogen) atoms. The summed E-state index contributed by atoms with van der Waals surface area (Å²) in [5.74, 6) is 0. The van der Waals surface area contributed by atoms with E-state index < -0.39 is 10.0 Å². The highest BCUT2D eigenvalue weighted by Gasteiger charge is 2.29. The Bertz CT molecular complexity index is 575. The lowest BCUT2D eigenvalue weighted by molar-refractivity contribution is 0.316. The summed E-state index contributed by atoms with van der Waals surface area (Å²) in [7, 11) is -3.40. The van der Waals surface area contributed by atoms with Crippen molar-refractivity contribution in [1.82, 2.24) is 4.31 Å². The molecule has 0 amide bonds. The molecule has 0 spiro atoms. The van der Waals surface area contributed by atoms with Gasteiger partial charge in [-0.05, 0) is 48.9 Å². The number of aryl methyl sites for hydroxylation is 2. The normalized spacial score (nSPS) is 20.0. The van der Waals surface area contributed by atoms with E-state index in [1.54, 1.807) is 6.07 Å². The molecule has 0 saturated carbocycles. The van der Waals surface area contributed by atoms with Gasteiger partial charge in [0, 0.05) is 19.1 Å². The van der Waals surface area contributed by atoms with Crippen LogP contribution in [-0.2, 0) is 22.9 Å². The first-order valence-corrected chi connectivity index (χ1v) is 8.80. The van der Waals surface area contributed by atoms with Gasteiger partial charge in [0.25, 0.3) is 0 Å². The molecule has 1 heterocycles. The van der Waals surface area contributed by atoms with Gasteiger partial charge in [0.05, 0.1) is 4.90 Å². The summed E-state index contributed by atoms with van der Waals surface area (Å²) in [6, 6.07) is 5.45. The van der Waals surface area contributed by atoms with Crippen molar-refractivity contribution in [2.75, 3.05) is 13.1 Å². The van der Waals surface area contributed by atoms with Gasteiger partial charge in [0.1, 0.15) is 0 Å². The van der Waals surface area contributed by atoms with Crippen LogP contribution in [0.25, 0.3) is 0 Å². The Morgan fingerprint density at radius 3 is 2.48 bits per heavy atom. The first-order valence-electron chi connectivity index (χ1n) is 7.36. The summed E-state index contributed by atoms with van der Waals surface area (Å²) in [6.07, 6.45) is 3.53. The molecule has 1 aromatic carbocycles. The fourth-order valence-corrected chi connectivity index (χ4v) is 4.36. The van der Waals surface area contributed by atoms with E-state index in [0.29, 0.717) is 18.0 Å². The summed E-state index contributed by atoms with van der Waals surface area (Å²) in [6.45, 7) is 5.15. The Hall–Kier alpha value is -0.620. The van der Waals surface area contributed by atoms with Crippen molar-refractivity contribution in [3.8, 4) is 0 Å². The summed E-state index contributed by atoms with van der Waals surface area (Å²) < 4.78 is 26.9. The summed E-state index contributed by atoms with van der Waals surface area (Å²) >= 11 is 0. The molecule has 6 heteroatoms. The van der Waals surface area contributed by atoms with Gasteiger partial charge in [0.15, 0.2) is 0 Å². The molecular weight excluding hydrogens is 308 g/mol. The average molecular weight is 333 g/mol. The average Bonchev–Trinajstić information content (AvgIpc) is 2.46. The lowest BCUT2D eigenvalue weighted by atomic mass is 10.0. The summed E-state index contributed by atoms with van der Waals surface area (Å²) in [5.41, 5.74) is 8.24. The molecule has 1 fully saturated rings. The van der Waals surface area contributed by atoms with Crippen molar-refractivity contribution in [1.29, 1.82) is 0 Å². The van der Waals surface area contributed by atoms with Crippen LogP contribution in [0.1, 0.15) is 37.8 Å². The van der Waals surface area contributed by atoms with Crippen molar-refractivity contribution in [2.45, 2.75) is 50.5 Å². The van der Waals surface area contributed by atoms with E-state index in [0.717, 1.165) is 31.2 Å². The molecule has 1 aromatic rings. The number of benzene rings is 1. The minimum absolute atomic E-state index is 0. The second kappa shape index (κ2) is 7.58. The third kappa shape index (κ3) is 3.97. The number of rotatable bonds is 4. The maximum absolute atomic E-state index is 12.7. The van der Waals surface area contributed by atoms with Crippen LogP contribution in [0.4, 0.5) is 0 Å². The van der Waals surface area contributed by atoms with Gasteiger partial charge in [-0.3, -0.25) is 0 Å². The topological polar surface area (TPSA) is 63.4 Å². The molecule has 1 saturated heterocycles. The number of sulfonamides is 1. The van der Waals surface area contributed by atoms with Crippen LogP contribution in [-0.4, -0.2) is 31.9 Å². The first kappa shape index (κ1) is 18.4. The summed E-state index contributed by atoms with van der Waals surface area (Å²) in [5, 5.41) is 0. The van der Waals surface area contributed by atoms with Gasteiger partial charge in [-0.25, -0.2) is 8.42 Å². The lowest BCUT2D eigenvalue weighted by Crippen LogP contribution is -2.45. The Morgan fingerprint density at radius 1 is 1.24 bits per heavy atom. The minimum atomic E-state index is -3.40. The molecule has 0 aromatic heterocycles. The molecule has 2 rings (SSSR count). The van der Waals surface area contributed by atoms with E-state index in [-0.39, 0.29) is 18.4 Å². The Kier molecular flexibility index (Phi) is 6.66. The van der Waals surface area contributed by atoms with Crippen LogP contribution in [0, 0.1) is 0 Å². The highest BCUT2D eigenvalue weighted by molar-refractivity contribution is 7.89. The van der Waals surface area contributed by atoms with E-state index in [2.05, 4.69) is 13.8 Å². The SMILES string of the molecule is CCc1ccc(S(=O)(=O)N2CCCC(N)C2)cc1CC.Cl. The fourth-order valence-electron chi connectivity index (χ4n) is 2.78. The number of nitrogens with two attached hydrogens (primary N) is 1. The van der Waals surface area contributed by atoms with Crippen molar-refractivity contribution < 1.29 is 8.42 Å². The van der Waals surface area contributed by atoms with Crippen LogP contribution in [0.5, 0.6) is 0 Å². The van der Waals surface area contributed by atoms with E-state index in [4.69, 9.17) is 5.73 Å². The highest BCUT2D eigenvalue weighted by atomic mass is 35.5. The minimum Gasteiger partial charge on any atom is -0.327 e. The monoisotopic (exact) mass is 332 g/mol. The van der Waals surface area contributed by atoms with Crippen molar-refractivity contribution >= 4 is 22.4 Å². The largest absolute Gasteiger partial charge is 0.327 e. The number of nitrogens with zero attached hydrogens (tertiary/aromatic N) is 1. The zero-order valence-corrected chi connectivity index (χ0v) is 14.3. The van der Waals surface area contributed by atoms with E-state index in [1.165, 1.54) is 9.87 Å². The van der Waals surface area contributed by atoms with Crippen LogP contribution in [0.3, 0.4) is 0 Å². The predicted molar refractivity (Wildman–Crippen MR) is 88.4 cm³/mol. The van der Waals surface area contributed by atoms with Gasteiger partial charge in [-0.2, -0.15) is 4.31 Å². The van der Waals surface area contributed by atoms with Gasteiger partial charge < -0.3 is 5.73 Å². The number of hydrogen-bond donors (Lipinski definition) is 1. The zero-order chi connectivity index (χ0) is 14.8. The predicted octanol–water partition coefficient (Wildman–Crippen LogP) is 2.35. The molecule has 0 radical (unpaired) electrons. The second-order valence-corrected chi connectivity index (χ2v) is 7.34. The highest BCUT2D eigenvalue weighted by Crippen LogP contribution is 2.23. The summed E-state index contributed by atoms with van der Waals surface area (Å²) in [4.78, 5) is 0.403. The number of hydrogen-bond acceptors (Lipinski definition) is 3.